The van der Waals surface area contributed by atoms with Gasteiger partial charge in [-0.25, -0.2) is 13.5 Å². The number of carbonyl (C=O) groups excluding carboxylic acids is 1. The molecule has 3 aromatic heterocycles. The number of halogens is 2. The molecule has 0 spiro atoms. The van der Waals surface area contributed by atoms with Crippen molar-refractivity contribution >= 4 is 22.6 Å². The number of ether oxygens (including phenoxy) is 1. The number of nitrogens with zero attached hydrogens (tertiary/aromatic N) is 8. The van der Waals surface area contributed by atoms with E-state index < -0.39 is 6.43 Å². The summed E-state index contributed by atoms with van der Waals surface area (Å²) in [7, 11) is 0. The van der Waals surface area contributed by atoms with E-state index in [9.17, 15) is 13.6 Å². The molecule has 1 aromatic carbocycles. The summed E-state index contributed by atoms with van der Waals surface area (Å²) in [6, 6.07) is 9.29. The van der Waals surface area contributed by atoms with Gasteiger partial charge in [0.2, 0.25) is 11.8 Å². The second-order valence-electron chi connectivity index (χ2n) is 9.23. The quantitative estimate of drug-likeness (QED) is 0.407. The first-order valence-electron chi connectivity index (χ1n) is 12.3. The Morgan fingerprint density at radius 3 is 2.76 bits per heavy atom. The molecule has 196 valence electrons. The van der Waals surface area contributed by atoms with E-state index in [2.05, 4.69) is 35.7 Å². The monoisotopic (exact) mass is 521 g/mol. The van der Waals surface area contributed by atoms with Gasteiger partial charge in [0.25, 0.3) is 6.43 Å². The van der Waals surface area contributed by atoms with Crippen molar-refractivity contribution in [3.8, 4) is 11.6 Å². The molecule has 38 heavy (non-hydrogen) atoms. The SMILES string of the molecule is Cc1nnn(-c2ccc(C(F)F)cc2)c1COc1nnc(N2CCN3CCNC(=O)[C@@H]3C2)c2ncccc12. The number of hydrogen-bond acceptors (Lipinski definition) is 9. The molecule has 4 aromatic rings. The van der Waals surface area contributed by atoms with Gasteiger partial charge in [0, 0.05) is 44.5 Å². The Kier molecular flexibility index (Phi) is 6.27. The summed E-state index contributed by atoms with van der Waals surface area (Å²) < 4.78 is 33.6. The second-order valence-corrected chi connectivity index (χ2v) is 9.23. The first-order chi connectivity index (χ1) is 18.5. The normalized spacial score (nSPS) is 18.1. The maximum atomic E-state index is 13.0. The molecule has 0 bridgehead atoms. The highest BCUT2D eigenvalue weighted by molar-refractivity contribution is 5.92. The molecule has 1 atom stereocenters. The highest BCUT2D eigenvalue weighted by atomic mass is 19.3. The summed E-state index contributed by atoms with van der Waals surface area (Å²) in [6.07, 6.45) is -0.857. The minimum Gasteiger partial charge on any atom is -0.470 e. The van der Waals surface area contributed by atoms with E-state index in [0.717, 1.165) is 13.1 Å². The van der Waals surface area contributed by atoms with Gasteiger partial charge in [0.05, 0.1) is 16.8 Å². The molecule has 0 unspecified atom stereocenters. The zero-order valence-electron chi connectivity index (χ0n) is 20.6. The van der Waals surface area contributed by atoms with Crippen molar-refractivity contribution in [2.45, 2.75) is 26.0 Å². The van der Waals surface area contributed by atoms with Gasteiger partial charge < -0.3 is 15.0 Å². The molecule has 11 nitrogen and oxygen atoms in total. The van der Waals surface area contributed by atoms with E-state index in [1.807, 2.05) is 11.0 Å². The van der Waals surface area contributed by atoms with Gasteiger partial charge in [-0.3, -0.25) is 14.7 Å². The van der Waals surface area contributed by atoms with Crippen LogP contribution < -0.4 is 15.0 Å². The third kappa shape index (κ3) is 4.38. The lowest BCUT2D eigenvalue weighted by atomic mass is 10.1. The minimum absolute atomic E-state index is 0.0237. The van der Waals surface area contributed by atoms with E-state index in [0.29, 0.717) is 59.3 Å². The smallest absolute Gasteiger partial charge is 0.263 e. The maximum Gasteiger partial charge on any atom is 0.263 e. The Bertz CT molecular complexity index is 1480. The Morgan fingerprint density at radius 1 is 1.11 bits per heavy atom. The van der Waals surface area contributed by atoms with Crippen molar-refractivity contribution in [3.63, 3.8) is 0 Å². The lowest BCUT2D eigenvalue weighted by Crippen LogP contribution is -2.64. The summed E-state index contributed by atoms with van der Waals surface area (Å²) in [5.41, 5.74) is 2.44. The molecule has 0 aliphatic carbocycles. The van der Waals surface area contributed by atoms with E-state index in [4.69, 9.17) is 4.74 Å². The number of aromatic nitrogens is 6. The summed E-state index contributed by atoms with van der Waals surface area (Å²) in [4.78, 5) is 21.2. The second kappa shape index (κ2) is 9.89. The Hall–Kier alpha value is -4.26. The van der Waals surface area contributed by atoms with Crippen LogP contribution in [0.4, 0.5) is 14.6 Å². The van der Waals surface area contributed by atoms with Crippen LogP contribution in [0.3, 0.4) is 0 Å². The summed E-state index contributed by atoms with van der Waals surface area (Å²) in [5.74, 6) is 0.926. The molecule has 0 radical (unpaired) electrons. The van der Waals surface area contributed by atoms with Gasteiger partial charge in [0.1, 0.15) is 23.9 Å². The average molecular weight is 522 g/mol. The van der Waals surface area contributed by atoms with Crippen LogP contribution in [0.1, 0.15) is 23.4 Å². The lowest BCUT2D eigenvalue weighted by molar-refractivity contribution is -0.129. The van der Waals surface area contributed by atoms with Gasteiger partial charge in [0.15, 0.2) is 5.82 Å². The van der Waals surface area contributed by atoms with Crippen LogP contribution in [-0.4, -0.2) is 79.7 Å². The van der Waals surface area contributed by atoms with Gasteiger partial charge in [-0.15, -0.1) is 15.3 Å². The zero-order valence-corrected chi connectivity index (χ0v) is 20.6. The third-order valence-electron chi connectivity index (χ3n) is 6.97. The zero-order chi connectivity index (χ0) is 26.2. The number of amides is 1. The number of alkyl halides is 2. The average Bonchev–Trinajstić information content (AvgIpc) is 3.31. The van der Waals surface area contributed by atoms with Gasteiger partial charge >= 0.3 is 0 Å². The Morgan fingerprint density at radius 2 is 1.95 bits per heavy atom. The van der Waals surface area contributed by atoms with E-state index >= 15 is 0 Å². The topological polar surface area (TPSA) is 114 Å². The maximum absolute atomic E-state index is 13.0. The fraction of sp³-hybridized carbons (Fsp3) is 0.360. The van der Waals surface area contributed by atoms with Crippen LogP contribution in [0, 0.1) is 6.92 Å². The standard InChI is InChI=1S/C25H25F2N9O2/c1-15-20(36(33-30-15)17-6-4-16(5-7-17)22(26)27)14-38-25-18-3-2-8-28-21(18)23(31-32-25)35-12-11-34-10-9-29-24(37)19(34)13-35/h2-8,19,22H,9-14H2,1H3,(H,29,37)/t19-/m0/s1. The molecule has 2 saturated heterocycles. The minimum atomic E-state index is -2.54. The van der Waals surface area contributed by atoms with E-state index in [-0.39, 0.29) is 24.1 Å². The first kappa shape index (κ1) is 24.1. The summed E-state index contributed by atoms with van der Waals surface area (Å²) >= 11 is 0. The van der Waals surface area contributed by atoms with Crippen molar-refractivity contribution in [1.29, 1.82) is 0 Å². The molecular formula is C25H25F2N9O2. The Labute approximate surface area is 216 Å². The predicted octanol–water partition coefficient (Wildman–Crippen LogP) is 2.05. The number of benzene rings is 1. The van der Waals surface area contributed by atoms with E-state index in [1.165, 1.54) is 12.1 Å². The molecule has 13 heteroatoms. The number of piperazine rings is 2. The number of hydrogen-bond donors (Lipinski definition) is 1. The number of anilines is 1. The fourth-order valence-electron chi connectivity index (χ4n) is 4.89. The molecule has 2 fully saturated rings. The van der Waals surface area contributed by atoms with Crippen molar-refractivity contribution < 1.29 is 18.3 Å². The number of aryl methyl sites for hydroxylation is 1. The number of rotatable bonds is 6. The lowest BCUT2D eigenvalue weighted by Gasteiger charge is -2.43. The number of pyridine rings is 1. The van der Waals surface area contributed by atoms with Crippen molar-refractivity contribution in [2.24, 2.45) is 0 Å². The third-order valence-corrected chi connectivity index (χ3v) is 6.97. The van der Waals surface area contributed by atoms with Crippen molar-refractivity contribution in [2.75, 3.05) is 37.6 Å². The van der Waals surface area contributed by atoms with Crippen LogP contribution >= 0.6 is 0 Å². The molecule has 1 N–H and O–H groups in total. The number of carbonyl (C=O) groups is 1. The van der Waals surface area contributed by atoms with Gasteiger partial charge in [-0.2, -0.15) is 0 Å². The van der Waals surface area contributed by atoms with Crippen LogP contribution in [0.25, 0.3) is 16.6 Å². The Balaban J connectivity index is 1.26. The summed E-state index contributed by atoms with van der Waals surface area (Å²) in [6.45, 7) is 5.34. The number of fused-ring (bicyclic) bond motifs is 2. The van der Waals surface area contributed by atoms with Gasteiger partial charge in [-0.1, -0.05) is 17.3 Å². The van der Waals surface area contributed by atoms with Gasteiger partial charge in [-0.05, 0) is 31.2 Å². The highest BCUT2D eigenvalue weighted by Gasteiger charge is 2.36. The molecule has 2 aliphatic heterocycles. The van der Waals surface area contributed by atoms with Crippen LogP contribution in [0.5, 0.6) is 5.88 Å². The molecule has 5 heterocycles. The van der Waals surface area contributed by atoms with Crippen LogP contribution in [-0.2, 0) is 11.4 Å². The fourth-order valence-corrected chi connectivity index (χ4v) is 4.89. The first-order valence-corrected chi connectivity index (χ1v) is 12.3. The molecule has 0 saturated carbocycles. The van der Waals surface area contributed by atoms with Crippen molar-refractivity contribution in [1.82, 2.24) is 40.4 Å². The molecular weight excluding hydrogens is 496 g/mol. The predicted molar refractivity (Wildman–Crippen MR) is 133 cm³/mol. The van der Waals surface area contributed by atoms with Crippen molar-refractivity contribution in [3.05, 3.63) is 59.5 Å². The molecule has 1 amide bonds. The molecule has 6 rings (SSSR count). The molecule has 2 aliphatic rings. The van der Waals surface area contributed by atoms with E-state index in [1.54, 1.807) is 36.0 Å². The number of nitrogens with one attached hydrogen (secondary N) is 1. The summed E-state index contributed by atoms with van der Waals surface area (Å²) in [5, 5.41) is 20.7. The van der Waals surface area contributed by atoms with Crippen LogP contribution in [0.2, 0.25) is 0 Å². The highest BCUT2D eigenvalue weighted by Crippen LogP contribution is 2.30. The van der Waals surface area contributed by atoms with Crippen LogP contribution in [0.15, 0.2) is 42.6 Å². The largest absolute Gasteiger partial charge is 0.470 e.